The van der Waals surface area contributed by atoms with Gasteiger partial charge in [-0.2, -0.15) is 0 Å². The summed E-state index contributed by atoms with van der Waals surface area (Å²) in [5, 5.41) is 2.87. The number of hydrogen-bond acceptors (Lipinski definition) is 5. The normalized spacial score (nSPS) is 11.9. The quantitative estimate of drug-likeness (QED) is 0.641. The van der Waals surface area contributed by atoms with E-state index in [-0.39, 0.29) is 34.0 Å². The van der Waals surface area contributed by atoms with Crippen LogP contribution in [0.4, 0.5) is 5.69 Å². The first-order chi connectivity index (χ1) is 9.76. The molecule has 1 aromatic carbocycles. The number of hydrogen-bond donors (Lipinski definition) is 2. The van der Waals surface area contributed by atoms with Crippen molar-refractivity contribution in [1.29, 1.82) is 0 Å². The number of anilines is 1. The van der Waals surface area contributed by atoms with Gasteiger partial charge in [-0.15, -0.1) is 0 Å². The van der Waals surface area contributed by atoms with Crippen LogP contribution in [-0.4, -0.2) is 31.1 Å². The number of rotatable bonds is 5. The molecule has 0 bridgehead atoms. The highest BCUT2D eigenvalue weighted by molar-refractivity contribution is 6.33. The van der Waals surface area contributed by atoms with Crippen molar-refractivity contribution in [3.63, 3.8) is 0 Å². The van der Waals surface area contributed by atoms with Crippen LogP contribution >= 0.6 is 11.6 Å². The van der Waals surface area contributed by atoms with Crippen LogP contribution in [-0.2, 0) is 9.53 Å². The zero-order valence-corrected chi connectivity index (χ0v) is 13.2. The fourth-order valence-corrected chi connectivity index (χ4v) is 1.74. The van der Waals surface area contributed by atoms with Gasteiger partial charge in [-0.25, -0.2) is 4.79 Å². The number of carbonyl (C=O) groups is 2. The number of methoxy groups -OCH3 is 1. The third-order valence-corrected chi connectivity index (χ3v) is 2.95. The highest BCUT2D eigenvalue weighted by Crippen LogP contribution is 2.29. The largest absolute Gasteiger partial charge is 0.496 e. The van der Waals surface area contributed by atoms with Gasteiger partial charge in [0.05, 0.1) is 17.8 Å². The van der Waals surface area contributed by atoms with Crippen LogP contribution in [0.1, 0.15) is 31.1 Å². The molecule has 3 N–H and O–H groups in total. The Morgan fingerprint density at radius 1 is 1.29 bits per heavy atom. The Bertz CT molecular complexity index is 546. The SMILES string of the molecule is COc1cc(N)c(Cl)cc1C(=O)OC(C)C(=O)NC(C)C. The predicted molar refractivity (Wildman–Crippen MR) is 80.6 cm³/mol. The molecule has 0 aliphatic carbocycles. The number of nitrogen functional groups attached to an aromatic ring is 1. The fraction of sp³-hybridized carbons (Fsp3) is 0.429. The van der Waals surface area contributed by atoms with Crippen molar-refractivity contribution in [3.8, 4) is 5.75 Å². The first kappa shape index (κ1) is 17.1. The number of nitrogens with two attached hydrogens (primary N) is 1. The second kappa shape index (κ2) is 7.17. The second-order valence-electron chi connectivity index (χ2n) is 4.78. The number of amides is 1. The van der Waals surface area contributed by atoms with Crippen LogP contribution in [0.15, 0.2) is 12.1 Å². The van der Waals surface area contributed by atoms with Gasteiger partial charge in [-0.3, -0.25) is 4.79 Å². The van der Waals surface area contributed by atoms with E-state index in [2.05, 4.69) is 5.32 Å². The van der Waals surface area contributed by atoms with Crippen molar-refractivity contribution in [2.45, 2.75) is 32.9 Å². The monoisotopic (exact) mass is 314 g/mol. The third-order valence-electron chi connectivity index (χ3n) is 2.62. The van der Waals surface area contributed by atoms with Gasteiger partial charge in [0.2, 0.25) is 0 Å². The number of ether oxygens (including phenoxy) is 2. The van der Waals surface area contributed by atoms with E-state index in [0.717, 1.165) is 0 Å². The lowest BCUT2D eigenvalue weighted by Gasteiger charge is -2.16. The van der Waals surface area contributed by atoms with E-state index in [4.69, 9.17) is 26.8 Å². The molecule has 0 heterocycles. The van der Waals surface area contributed by atoms with Crippen LogP contribution < -0.4 is 15.8 Å². The molecule has 1 rings (SSSR count). The first-order valence-electron chi connectivity index (χ1n) is 6.40. The molecule has 0 saturated heterocycles. The van der Waals surface area contributed by atoms with E-state index in [1.54, 1.807) is 0 Å². The summed E-state index contributed by atoms with van der Waals surface area (Å²) in [6, 6.07) is 2.74. The van der Waals surface area contributed by atoms with Crippen molar-refractivity contribution in [3.05, 3.63) is 22.7 Å². The summed E-state index contributed by atoms with van der Waals surface area (Å²) in [5.41, 5.74) is 6.04. The summed E-state index contributed by atoms with van der Waals surface area (Å²) in [4.78, 5) is 23.8. The van der Waals surface area contributed by atoms with Gasteiger partial charge in [0.25, 0.3) is 5.91 Å². The van der Waals surface area contributed by atoms with Gasteiger partial charge < -0.3 is 20.5 Å². The molecule has 0 aliphatic rings. The summed E-state index contributed by atoms with van der Waals surface area (Å²) in [7, 11) is 1.40. The highest BCUT2D eigenvalue weighted by Gasteiger charge is 2.22. The third kappa shape index (κ3) is 4.53. The lowest BCUT2D eigenvalue weighted by atomic mass is 10.2. The lowest BCUT2D eigenvalue weighted by molar-refractivity contribution is -0.129. The Kier molecular flexibility index (Phi) is 5.84. The number of esters is 1. The van der Waals surface area contributed by atoms with E-state index in [0.29, 0.717) is 0 Å². The Hall–Kier alpha value is -1.95. The van der Waals surface area contributed by atoms with Gasteiger partial charge in [0.15, 0.2) is 6.10 Å². The van der Waals surface area contributed by atoms with Crippen LogP contribution in [0, 0.1) is 0 Å². The van der Waals surface area contributed by atoms with Gasteiger partial charge in [0.1, 0.15) is 11.3 Å². The molecular formula is C14H19ClN2O4. The van der Waals surface area contributed by atoms with Gasteiger partial charge in [-0.05, 0) is 26.8 Å². The summed E-state index contributed by atoms with van der Waals surface area (Å²) >= 11 is 5.89. The Labute approximate surface area is 128 Å². The summed E-state index contributed by atoms with van der Waals surface area (Å²) < 4.78 is 10.2. The minimum atomic E-state index is -0.930. The second-order valence-corrected chi connectivity index (χ2v) is 5.19. The molecule has 0 saturated carbocycles. The molecule has 0 radical (unpaired) electrons. The summed E-state index contributed by atoms with van der Waals surface area (Å²) in [5.74, 6) is -0.850. The number of nitrogens with one attached hydrogen (secondary N) is 1. The van der Waals surface area contributed by atoms with Gasteiger partial charge in [0, 0.05) is 12.1 Å². The molecule has 0 aromatic heterocycles. The molecule has 1 atom stereocenters. The smallest absolute Gasteiger partial charge is 0.342 e. The van der Waals surface area contributed by atoms with E-state index >= 15 is 0 Å². The summed E-state index contributed by atoms with van der Waals surface area (Å²) in [6.45, 7) is 5.12. The van der Waals surface area contributed by atoms with Crippen molar-refractivity contribution in [2.24, 2.45) is 0 Å². The average Bonchev–Trinajstić information content (AvgIpc) is 2.40. The number of halogens is 1. The number of benzene rings is 1. The molecule has 0 fully saturated rings. The molecule has 21 heavy (non-hydrogen) atoms. The molecule has 0 spiro atoms. The minimum absolute atomic E-state index is 0.0424. The molecule has 1 amide bonds. The van der Waals surface area contributed by atoms with Crippen LogP contribution in [0.3, 0.4) is 0 Å². The average molecular weight is 315 g/mol. The lowest BCUT2D eigenvalue weighted by Crippen LogP contribution is -2.39. The topological polar surface area (TPSA) is 90.7 Å². The maximum absolute atomic E-state index is 12.1. The van der Waals surface area contributed by atoms with Crippen LogP contribution in [0.5, 0.6) is 5.75 Å². The molecule has 116 valence electrons. The Morgan fingerprint density at radius 3 is 2.43 bits per heavy atom. The van der Waals surface area contributed by atoms with Crippen molar-refractivity contribution < 1.29 is 19.1 Å². The van der Waals surface area contributed by atoms with Crippen LogP contribution in [0.2, 0.25) is 5.02 Å². The predicted octanol–water partition coefficient (Wildman–Crippen LogP) is 2.00. The highest BCUT2D eigenvalue weighted by atomic mass is 35.5. The minimum Gasteiger partial charge on any atom is -0.496 e. The van der Waals surface area contributed by atoms with E-state index in [9.17, 15) is 9.59 Å². The van der Waals surface area contributed by atoms with E-state index < -0.39 is 12.1 Å². The maximum Gasteiger partial charge on any atom is 0.342 e. The standard InChI is InChI=1S/C14H19ClN2O4/c1-7(2)17-13(18)8(3)21-14(19)9-5-10(15)11(16)6-12(9)20-4/h5-8H,16H2,1-4H3,(H,17,18). The van der Waals surface area contributed by atoms with Gasteiger partial charge in [-0.1, -0.05) is 11.6 Å². The molecule has 1 aromatic rings. The van der Waals surface area contributed by atoms with Crippen molar-refractivity contribution >= 4 is 29.2 Å². The fourth-order valence-electron chi connectivity index (χ4n) is 1.58. The van der Waals surface area contributed by atoms with Crippen LogP contribution in [0.25, 0.3) is 0 Å². The molecular weight excluding hydrogens is 296 g/mol. The van der Waals surface area contributed by atoms with Crippen molar-refractivity contribution in [2.75, 3.05) is 12.8 Å². The zero-order chi connectivity index (χ0) is 16.2. The Balaban J connectivity index is 2.89. The van der Waals surface area contributed by atoms with E-state index in [1.165, 1.54) is 26.2 Å². The number of carbonyl (C=O) groups excluding carboxylic acids is 2. The van der Waals surface area contributed by atoms with Gasteiger partial charge >= 0.3 is 5.97 Å². The zero-order valence-electron chi connectivity index (χ0n) is 12.4. The molecule has 1 unspecified atom stereocenters. The molecule has 6 nitrogen and oxygen atoms in total. The van der Waals surface area contributed by atoms with E-state index in [1.807, 2.05) is 13.8 Å². The van der Waals surface area contributed by atoms with Crippen molar-refractivity contribution in [1.82, 2.24) is 5.32 Å². The Morgan fingerprint density at radius 2 is 1.90 bits per heavy atom. The molecule has 0 aliphatic heterocycles. The first-order valence-corrected chi connectivity index (χ1v) is 6.78. The molecule has 7 heteroatoms. The maximum atomic E-state index is 12.1. The summed E-state index contributed by atoms with van der Waals surface area (Å²) in [6.07, 6.45) is -0.930.